The average Bonchev–Trinajstić information content (AvgIpc) is 2.46. The van der Waals surface area contributed by atoms with E-state index in [1.807, 2.05) is 36.4 Å². The third-order valence-corrected chi connectivity index (χ3v) is 2.95. The molecule has 1 aromatic carbocycles. The second-order valence-corrected chi connectivity index (χ2v) is 4.17. The van der Waals surface area contributed by atoms with Crippen LogP contribution in [0.25, 0.3) is 22.2 Å². The van der Waals surface area contributed by atoms with E-state index in [2.05, 4.69) is 9.97 Å². The third-order valence-electron chi connectivity index (χ3n) is 2.95. The Bertz CT molecular complexity index is 779. The van der Waals surface area contributed by atoms with Crippen LogP contribution in [-0.4, -0.2) is 17.1 Å². The van der Waals surface area contributed by atoms with Crippen LogP contribution in [0.15, 0.2) is 53.3 Å². The average molecular weight is 252 g/mol. The predicted molar refractivity (Wildman–Crippen MR) is 74.4 cm³/mol. The first-order chi connectivity index (χ1) is 9.28. The Labute approximate surface area is 109 Å². The molecule has 0 aliphatic rings. The molecule has 3 rings (SSSR count). The minimum atomic E-state index is -0.172. The summed E-state index contributed by atoms with van der Waals surface area (Å²) in [4.78, 5) is 18.4. The van der Waals surface area contributed by atoms with Gasteiger partial charge in [-0.2, -0.15) is 4.98 Å². The molecule has 0 fully saturated rings. The first-order valence-electron chi connectivity index (χ1n) is 5.91. The van der Waals surface area contributed by atoms with Crippen molar-refractivity contribution in [3.8, 4) is 17.0 Å². The number of fused-ring (bicyclic) bond motifs is 1. The minimum Gasteiger partial charge on any atom is -0.480 e. The summed E-state index contributed by atoms with van der Waals surface area (Å²) in [5, 5.41) is 0.874. The molecule has 19 heavy (non-hydrogen) atoms. The fraction of sp³-hybridized carbons (Fsp3) is 0.0667. The van der Waals surface area contributed by atoms with Gasteiger partial charge in [0.05, 0.1) is 7.11 Å². The molecule has 0 unspecified atom stereocenters. The van der Waals surface area contributed by atoms with Gasteiger partial charge in [0.1, 0.15) is 5.65 Å². The van der Waals surface area contributed by atoms with E-state index in [0.29, 0.717) is 11.5 Å². The van der Waals surface area contributed by atoms with Crippen molar-refractivity contribution < 1.29 is 4.74 Å². The van der Waals surface area contributed by atoms with E-state index in [1.165, 1.54) is 6.07 Å². The number of aromatic nitrogens is 2. The summed E-state index contributed by atoms with van der Waals surface area (Å²) in [6.07, 6.45) is 0. The molecule has 0 saturated carbocycles. The van der Waals surface area contributed by atoms with Crippen molar-refractivity contribution in [2.75, 3.05) is 7.11 Å². The van der Waals surface area contributed by atoms with E-state index in [-0.39, 0.29) is 5.56 Å². The van der Waals surface area contributed by atoms with E-state index < -0.39 is 0 Å². The number of nitrogens with zero attached hydrogens (tertiary/aromatic N) is 1. The Morgan fingerprint density at radius 1 is 1.11 bits per heavy atom. The number of pyridine rings is 2. The maximum Gasteiger partial charge on any atom is 0.249 e. The molecule has 0 radical (unpaired) electrons. The fourth-order valence-electron chi connectivity index (χ4n) is 2.04. The number of H-pyrrole nitrogens is 1. The fourth-order valence-corrected chi connectivity index (χ4v) is 2.04. The summed E-state index contributed by atoms with van der Waals surface area (Å²) in [5.41, 5.74) is 2.29. The highest BCUT2D eigenvalue weighted by Gasteiger charge is 2.09. The van der Waals surface area contributed by atoms with Gasteiger partial charge < -0.3 is 9.72 Å². The summed E-state index contributed by atoms with van der Waals surface area (Å²) in [7, 11) is 1.57. The minimum absolute atomic E-state index is 0.172. The third kappa shape index (κ3) is 2.08. The van der Waals surface area contributed by atoms with Crippen LogP contribution in [-0.2, 0) is 0 Å². The molecule has 94 valence electrons. The molecule has 2 aromatic heterocycles. The van der Waals surface area contributed by atoms with E-state index in [4.69, 9.17) is 4.74 Å². The SMILES string of the molecule is COc1nc2[nH]c(=O)ccc2cc1-c1ccccc1. The maximum absolute atomic E-state index is 11.3. The second kappa shape index (κ2) is 4.57. The molecule has 0 aliphatic carbocycles. The van der Waals surface area contributed by atoms with Gasteiger partial charge in [-0.3, -0.25) is 4.79 Å². The van der Waals surface area contributed by atoms with Gasteiger partial charge in [-0.15, -0.1) is 0 Å². The van der Waals surface area contributed by atoms with Crippen molar-refractivity contribution in [1.29, 1.82) is 0 Å². The Kier molecular flexibility index (Phi) is 2.76. The summed E-state index contributed by atoms with van der Waals surface area (Å²) >= 11 is 0. The molecular weight excluding hydrogens is 240 g/mol. The van der Waals surface area contributed by atoms with Crippen LogP contribution in [0.4, 0.5) is 0 Å². The molecule has 0 atom stereocenters. The Morgan fingerprint density at radius 2 is 1.89 bits per heavy atom. The number of benzene rings is 1. The number of aromatic amines is 1. The highest BCUT2D eigenvalue weighted by Crippen LogP contribution is 2.30. The van der Waals surface area contributed by atoms with E-state index in [1.54, 1.807) is 13.2 Å². The van der Waals surface area contributed by atoms with Crippen LogP contribution in [0, 0.1) is 0 Å². The molecule has 3 aromatic rings. The van der Waals surface area contributed by atoms with Crippen LogP contribution in [0.1, 0.15) is 0 Å². The lowest BCUT2D eigenvalue weighted by Crippen LogP contribution is -2.04. The van der Waals surface area contributed by atoms with E-state index >= 15 is 0 Å². The maximum atomic E-state index is 11.3. The van der Waals surface area contributed by atoms with Crippen LogP contribution in [0.3, 0.4) is 0 Å². The van der Waals surface area contributed by atoms with Crippen molar-refractivity contribution in [3.05, 3.63) is 58.9 Å². The molecule has 4 heteroatoms. The van der Waals surface area contributed by atoms with Gasteiger partial charge in [-0.25, -0.2) is 0 Å². The first-order valence-corrected chi connectivity index (χ1v) is 5.91. The molecule has 0 amide bonds. The zero-order valence-corrected chi connectivity index (χ0v) is 10.4. The number of hydrogen-bond donors (Lipinski definition) is 1. The van der Waals surface area contributed by atoms with Gasteiger partial charge in [0.2, 0.25) is 11.4 Å². The van der Waals surface area contributed by atoms with Crippen molar-refractivity contribution in [3.63, 3.8) is 0 Å². The number of rotatable bonds is 2. The van der Waals surface area contributed by atoms with Gasteiger partial charge in [-0.1, -0.05) is 30.3 Å². The molecule has 0 aliphatic heterocycles. The van der Waals surface area contributed by atoms with Crippen molar-refractivity contribution in [2.45, 2.75) is 0 Å². The Morgan fingerprint density at radius 3 is 2.63 bits per heavy atom. The summed E-state index contributed by atoms with van der Waals surface area (Å²) < 4.78 is 5.31. The largest absolute Gasteiger partial charge is 0.480 e. The highest BCUT2D eigenvalue weighted by atomic mass is 16.5. The normalized spacial score (nSPS) is 10.6. The number of nitrogens with one attached hydrogen (secondary N) is 1. The van der Waals surface area contributed by atoms with Crippen molar-refractivity contribution >= 4 is 11.0 Å². The van der Waals surface area contributed by atoms with Crippen LogP contribution in [0.5, 0.6) is 5.88 Å². The molecule has 4 nitrogen and oxygen atoms in total. The van der Waals surface area contributed by atoms with Gasteiger partial charge in [0, 0.05) is 17.0 Å². The zero-order chi connectivity index (χ0) is 13.2. The smallest absolute Gasteiger partial charge is 0.249 e. The second-order valence-electron chi connectivity index (χ2n) is 4.17. The molecule has 2 heterocycles. The summed E-state index contributed by atoms with van der Waals surface area (Å²) in [5.74, 6) is 0.501. The lowest BCUT2D eigenvalue weighted by Gasteiger charge is -2.09. The summed E-state index contributed by atoms with van der Waals surface area (Å²) in [6.45, 7) is 0. The topological polar surface area (TPSA) is 55.0 Å². The molecule has 1 N–H and O–H groups in total. The summed E-state index contributed by atoms with van der Waals surface area (Å²) in [6, 6.07) is 15.1. The van der Waals surface area contributed by atoms with Crippen LogP contribution in [0.2, 0.25) is 0 Å². The standard InChI is InChI=1S/C15H12N2O2/c1-19-15-12(10-5-3-2-4-6-10)9-11-7-8-13(18)16-14(11)17-15/h2-9H,1H3,(H,16,17,18). The molecule has 0 saturated heterocycles. The van der Waals surface area contributed by atoms with Gasteiger partial charge in [0.25, 0.3) is 0 Å². The predicted octanol–water partition coefficient (Wildman–Crippen LogP) is 2.60. The van der Waals surface area contributed by atoms with E-state index in [0.717, 1.165) is 16.5 Å². The number of methoxy groups -OCH3 is 1. The van der Waals surface area contributed by atoms with Gasteiger partial charge in [-0.05, 0) is 17.7 Å². The zero-order valence-electron chi connectivity index (χ0n) is 10.4. The lowest BCUT2D eigenvalue weighted by atomic mass is 10.1. The lowest BCUT2D eigenvalue weighted by molar-refractivity contribution is 0.401. The van der Waals surface area contributed by atoms with Gasteiger partial charge in [0.15, 0.2) is 0 Å². The Hall–Kier alpha value is -2.62. The highest BCUT2D eigenvalue weighted by molar-refractivity contribution is 5.83. The van der Waals surface area contributed by atoms with Gasteiger partial charge >= 0.3 is 0 Å². The quantitative estimate of drug-likeness (QED) is 0.762. The van der Waals surface area contributed by atoms with Crippen molar-refractivity contribution in [1.82, 2.24) is 9.97 Å². The molecular formula is C15H12N2O2. The molecule has 0 spiro atoms. The van der Waals surface area contributed by atoms with Crippen molar-refractivity contribution in [2.24, 2.45) is 0 Å². The molecule has 0 bridgehead atoms. The number of hydrogen-bond acceptors (Lipinski definition) is 3. The van der Waals surface area contributed by atoms with Crippen LogP contribution < -0.4 is 10.3 Å². The van der Waals surface area contributed by atoms with Crippen LogP contribution >= 0.6 is 0 Å². The number of ether oxygens (including phenoxy) is 1. The Balaban J connectivity index is 2.30. The van der Waals surface area contributed by atoms with E-state index in [9.17, 15) is 4.79 Å². The monoisotopic (exact) mass is 252 g/mol. The first kappa shape index (κ1) is 11.5.